The first-order valence-corrected chi connectivity index (χ1v) is 4.82. The van der Waals surface area contributed by atoms with E-state index >= 15 is 0 Å². The van der Waals surface area contributed by atoms with E-state index in [1.807, 2.05) is 0 Å². The Balaban J connectivity index is 2.30. The van der Waals surface area contributed by atoms with Crippen molar-refractivity contribution in [2.45, 2.75) is 26.7 Å². The van der Waals surface area contributed by atoms with Crippen molar-refractivity contribution in [2.75, 3.05) is 19.6 Å². The van der Waals surface area contributed by atoms with Gasteiger partial charge in [0.25, 0.3) is 0 Å². The molecule has 1 aliphatic heterocycles. The van der Waals surface area contributed by atoms with Gasteiger partial charge in [0.05, 0.1) is 6.54 Å². The molecule has 0 unspecified atom stereocenters. The van der Waals surface area contributed by atoms with Gasteiger partial charge < -0.3 is 0 Å². The van der Waals surface area contributed by atoms with Crippen LogP contribution < -0.4 is 0 Å². The molecule has 0 aliphatic carbocycles. The summed E-state index contributed by atoms with van der Waals surface area (Å²) in [5.74, 6) is 0.743. The lowest BCUT2D eigenvalue weighted by Gasteiger charge is -2.29. The molecule has 13 heavy (non-hydrogen) atoms. The minimum absolute atomic E-state index is 0.210. The van der Waals surface area contributed by atoms with Crippen LogP contribution in [0, 0.1) is 5.92 Å². The molecular weight excluding hydrogens is 166 g/mol. The van der Waals surface area contributed by atoms with Crippen LogP contribution in [0.4, 0.5) is 0 Å². The molecule has 1 aliphatic rings. The molecule has 0 saturated carbocycles. The van der Waals surface area contributed by atoms with Gasteiger partial charge in [0, 0.05) is 5.92 Å². The lowest BCUT2D eigenvalue weighted by Crippen LogP contribution is -2.38. The number of carbonyl (C=O) groups excluding carboxylic acids is 2. The number of hydrogen-bond donors (Lipinski definition) is 0. The Hall–Kier alpha value is -0.700. The number of nitrogens with zero attached hydrogens (tertiary/aromatic N) is 1. The van der Waals surface area contributed by atoms with Crippen LogP contribution in [-0.4, -0.2) is 36.1 Å². The molecule has 3 nitrogen and oxygen atoms in total. The fraction of sp³-hybridized carbons (Fsp3) is 0.800. The highest BCUT2D eigenvalue weighted by Gasteiger charge is 2.22. The quantitative estimate of drug-likeness (QED) is 0.651. The van der Waals surface area contributed by atoms with Crippen LogP contribution in [0.15, 0.2) is 0 Å². The fourth-order valence-corrected chi connectivity index (χ4v) is 1.81. The van der Waals surface area contributed by atoms with Crippen molar-refractivity contribution in [1.82, 2.24) is 4.90 Å². The molecule has 1 heterocycles. The molecule has 0 atom stereocenters. The van der Waals surface area contributed by atoms with Gasteiger partial charge in [0.15, 0.2) is 0 Å². The summed E-state index contributed by atoms with van der Waals surface area (Å²) in [4.78, 5) is 24.0. The molecule has 0 amide bonds. The average molecular weight is 183 g/mol. The van der Waals surface area contributed by atoms with Crippen LogP contribution in [0.1, 0.15) is 26.7 Å². The highest BCUT2D eigenvalue weighted by atomic mass is 16.1. The van der Waals surface area contributed by atoms with Crippen LogP contribution in [-0.2, 0) is 9.59 Å². The molecule has 0 aromatic heterocycles. The normalized spacial score (nSPS) is 20.2. The second-order valence-electron chi connectivity index (χ2n) is 3.86. The van der Waals surface area contributed by atoms with E-state index < -0.39 is 0 Å². The molecule has 0 aromatic carbocycles. The second kappa shape index (κ2) is 4.51. The van der Waals surface area contributed by atoms with E-state index in [0.29, 0.717) is 12.3 Å². The van der Waals surface area contributed by atoms with Crippen molar-refractivity contribution in [3.05, 3.63) is 0 Å². The topological polar surface area (TPSA) is 37.4 Å². The van der Waals surface area contributed by atoms with Gasteiger partial charge >= 0.3 is 0 Å². The fourth-order valence-electron chi connectivity index (χ4n) is 1.81. The Morgan fingerprint density at radius 3 is 2.15 bits per heavy atom. The first-order chi connectivity index (χ1) is 6.09. The van der Waals surface area contributed by atoms with Gasteiger partial charge in [-0.3, -0.25) is 14.5 Å². The third kappa shape index (κ3) is 3.27. The van der Waals surface area contributed by atoms with Gasteiger partial charge in [-0.25, -0.2) is 0 Å². The van der Waals surface area contributed by atoms with Crippen molar-refractivity contribution in [3.63, 3.8) is 0 Å². The summed E-state index contributed by atoms with van der Waals surface area (Å²) in [7, 11) is 0. The minimum Gasteiger partial charge on any atom is -0.300 e. The Morgan fingerprint density at radius 1 is 1.23 bits per heavy atom. The minimum atomic E-state index is 0.210. The predicted octanol–water partition coefficient (Wildman–Crippen LogP) is 0.876. The van der Waals surface area contributed by atoms with E-state index in [9.17, 15) is 9.59 Å². The van der Waals surface area contributed by atoms with Crippen LogP contribution in [0.3, 0.4) is 0 Å². The van der Waals surface area contributed by atoms with Crippen molar-refractivity contribution < 1.29 is 9.59 Å². The van der Waals surface area contributed by atoms with Gasteiger partial charge in [-0.1, -0.05) is 0 Å². The molecule has 0 radical (unpaired) electrons. The molecule has 1 rings (SSSR count). The maximum atomic E-state index is 11.0. The number of carbonyl (C=O) groups is 2. The first kappa shape index (κ1) is 10.4. The van der Waals surface area contributed by atoms with Gasteiger partial charge in [-0.15, -0.1) is 0 Å². The number of ketones is 2. The molecule has 0 bridgehead atoms. The van der Waals surface area contributed by atoms with E-state index in [4.69, 9.17) is 0 Å². The van der Waals surface area contributed by atoms with E-state index in [2.05, 4.69) is 4.90 Å². The third-order valence-corrected chi connectivity index (χ3v) is 2.61. The van der Waals surface area contributed by atoms with Gasteiger partial charge in [-0.05, 0) is 39.8 Å². The summed E-state index contributed by atoms with van der Waals surface area (Å²) in [5, 5.41) is 0. The molecule has 0 N–H and O–H groups in total. The maximum absolute atomic E-state index is 11.0. The lowest BCUT2D eigenvalue weighted by atomic mass is 9.93. The Morgan fingerprint density at radius 2 is 1.77 bits per heavy atom. The molecule has 0 spiro atoms. The summed E-state index contributed by atoms with van der Waals surface area (Å²) in [5.41, 5.74) is 0. The summed E-state index contributed by atoms with van der Waals surface area (Å²) in [6.07, 6.45) is 1.84. The zero-order valence-electron chi connectivity index (χ0n) is 8.38. The number of likely N-dealkylation sites (tertiary alicyclic amines) is 1. The van der Waals surface area contributed by atoms with E-state index in [1.54, 1.807) is 13.8 Å². The van der Waals surface area contributed by atoms with Gasteiger partial charge in [0.1, 0.15) is 11.6 Å². The second-order valence-corrected chi connectivity index (χ2v) is 3.86. The predicted molar refractivity (Wildman–Crippen MR) is 50.5 cm³/mol. The maximum Gasteiger partial charge on any atom is 0.143 e. The van der Waals surface area contributed by atoms with Crippen LogP contribution in [0.25, 0.3) is 0 Å². The van der Waals surface area contributed by atoms with Crippen LogP contribution in [0.2, 0.25) is 0 Å². The van der Waals surface area contributed by atoms with Gasteiger partial charge in [-0.2, -0.15) is 0 Å². The molecular formula is C10H17NO2. The zero-order chi connectivity index (χ0) is 9.84. The van der Waals surface area contributed by atoms with E-state index in [0.717, 1.165) is 25.9 Å². The smallest absolute Gasteiger partial charge is 0.143 e. The van der Waals surface area contributed by atoms with E-state index in [-0.39, 0.29) is 11.7 Å². The number of hydrogen-bond acceptors (Lipinski definition) is 3. The number of rotatable bonds is 3. The highest BCUT2D eigenvalue weighted by Crippen LogP contribution is 2.17. The molecule has 0 aromatic rings. The van der Waals surface area contributed by atoms with Crippen molar-refractivity contribution in [2.24, 2.45) is 5.92 Å². The summed E-state index contributed by atoms with van der Waals surface area (Å²) in [6, 6.07) is 0. The van der Waals surface area contributed by atoms with Crippen LogP contribution >= 0.6 is 0 Å². The summed E-state index contributed by atoms with van der Waals surface area (Å²) < 4.78 is 0. The third-order valence-electron chi connectivity index (χ3n) is 2.61. The summed E-state index contributed by atoms with van der Waals surface area (Å²) >= 11 is 0. The standard InChI is InChI=1S/C10H17NO2/c1-8(12)7-11-5-3-10(4-6-11)9(2)13/h10H,3-7H2,1-2H3. The monoisotopic (exact) mass is 183 g/mol. The molecule has 1 saturated heterocycles. The average Bonchev–Trinajstić information content (AvgIpc) is 2.04. The Kier molecular flexibility index (Phi) is 3.60. The number of Topliss-reactive ketones (excluding diaryl/α,β-unsaturated/α-hetero) is 2. The van der Waals surface area contributed by atoms with E-state index in [1.165, 1.54) is 0 Å². The summed E-state index contributed by atoms with van der Waals surface area (Å²) in [6.45, 7) is 5.60. The molecule has 3 heteroatoms. The Labute approximate surface area is 79.1 Å². The Bertz CT molecular complexity index is 205. The van der Waals surface area contributed by atoms with Crippen molar-refractivity contribution in [1.29, 1.82) is 0 Å². The largest absolute Gasteiger partial charge is 0.300 e. The zero-order valence-corrected chi connectivity index (χ0v) is 8.38. The van der Waals surface area contributed by atoms with Gasteiger partial charge in [0.2, 0.25) is 0 Å². The lowest BCUT2D eigenvalue weighted by molar-refractivity contribution is -0.122. The molecule has 74 valence electrons. The SMILES string of the molecule is CC(=O)CN1CCC(C(C)=O)CC1. The van der Waals surface area contributed by atoms with Crippen molar-refractivity contribution >= 4 is 11.6 Å². The highest BCUT2D eigenvalue weighted by molar-refractivity contribution is 5.79. The first-order valence-electron chi connectivity index (χ1n) is 4.82. The molecule has 1 fully saturated rings. The van der Waals surface area contributed by atoms with Crippen LogP contribution in [0.5, 0.6) is 0 Å². The number of piperidine rings is 1. The van der Waals surface area contributed by atoms with Crippen molar-refractivity contribution in [3.8, 4) is 0 Å².